The number of nitrogens with zero attached hydrogens (tertiary/aromatic N) is 3. The summed E-state index contributed by atoms with van der Waals surface area (Å²) < 4.78 is 0. The minimum absolute atomic E-state index is 0.0629. The van der Waals surface area contributed by atoms with Crippen LogP contribution in [0.4, 0.5) is 11.4 Å². The van der Waals surface area contributed by atoms with E-state index in [-0.39, 0.29) is 5.69 Å². The first-order chi connectivity index (χ1) is 12.0. The number of oxime groups is 1. The molecule has 2 aromatic carbocycles. The molecule has 0 heterocycles. The van der Waals surface area contributed by atoms with Gasteiger partial charge in [-0.25, -0.2) is 0 Å². The molecule has 0 radical (unpaired) electrons. The van der Waals surface area contributed by atoms with Gasteiger partial charge in [0.15, 0.2) is 0 Å². The fourth-order valence-electron chi connectivity index (χ4n) is 1.86. The van der Waals surface area contributed by atoms with Gasteiger partial charge in [0.25, 0.3) is 11.6 Å². The molecule has 1 atom stereocenters. The lowest BCUT2D eigenvalue weighted by atomic mass is 10.2. The van der Waals surface area contributed by atoms with Crippen molar-refractivity contribution in [3.63, 3.8) is 0 Å². The third-order valence-corrected chi connectivity index (χ3v) is 3.13. The van der Waals surface area contributed by atoms with Crippen LogP contribution in [0.3, 0.4) is 0 Å². The van der Waals surface area contributed by atoms with Gasteiger partial charge < -0.3 is 10.2 Å². The fraction of sp³-hybridized carbons (Fsp3) is 0.118. The first-order valence-corrected chi connectivity index (χ1v) is 7.24. The maximum absolute atomic E-state index is 12.0. The predicted molar refractivity (Wildman–Crippen MR) is 91.0 cm³/mol. The van der Waals surface area contributed by atoms with Crippen molar-refractivity contribution < 1.29 is 14.6 Å². The lowest BCUT2D eigenvalue weighted by molar-refractivity contribution is -0.384. The Hall–Kier alpha value is -3.73. The molecule has 1 amide bonds. The second-order valence-corrected chi connectivity index (χ2v) is 5.02. The molecule has 8 nitrogen and oxygen atoms in total. The van der Waals surface area contributed by atoms with Gasteiger partial charge >= 0.3 is 0 Å². The van der Waals surface area contributed by atoms with Gasteiger partial charge in [-0.2, -0.15) is 5.26 Å². The van der Waals surface area contributed by atoms with Crippen molar-refractivity contribution in [3.8, 4) is 6.07 Å². The van der Waals surface area contributed by atoms with E-state index >= 15 is 0 Å². The van der Waals surface area contributed by atoms with Gasteiger partial charge in [0.2, 0.25) is 6.10 Å². The van der Waals surface area contributed by atoms with E-state index in [1.54, 1.807) is 24.3 Å². The first kappa shape index (κ1) is 17.6. The summed E-state index contributed by atoms with van der Waals surface area (Å²) in [4.78, 5) is 27.3. The zero-order valence-electron chi connectivity index (χ0n) is 13.2. The van der Waals surface area contributed by atoms with Crippen molar-refractivity contribution in [2.45, 2.75) is 13.0 Å². The number of benzene rings is 2. The summed E-state index contributed by atoms with van der Waals surface area (Å²) in [7, 11) is 0. The van der Waals surface area contributed by atoms with Crippen molar-refractivity contribution in [3.05, 3.63) is 69.8 Å². The van der Waals surface area contributed by atoms with E-state index in [9.17, 15) is 14.9 Å². The van der Waals surface area contributed by atoms with Gasteiger partial charge in [-0.3, -0.25) is 14.9 Å². The number of carbonyl (C=O) groups is 1. The second-order valence-electron chi connectivity index (χ2n) is 5.02. The zero-order chi connectivity index (χ0) is 18.2. The van der Waals surface area contributed by atoms with Crippen LogP contribution >= 0.6 is 0 Å². The van der Waals surface area contributed by atoms with Crippen LogP contribution in [-0.4, -0.2) is 23.1 Å². The molecule has 0 saturated carbocycles. The topological polar surface area (TPSA) is 118 Å². The van der Waals surface area contributed by atoms with Crippen molar-refractivity contribution in [2.24, 2.45) is 5.16 Å². The Balaban J connectivity index is 1.93. The smallest absolute Gasteiger partial charge is 0.270 e. The quantitative estimate of drug-likeness (QED) is 0.493. The molecule has 1 unspecified atom stereocenters. The van der Waals surface area contributed by atoms with E-state index in [2.05, 4.69) is 10.5 Å². The van der Waals surface area contributed by atoms with Crippen LogP contribution in [0, 0.1) is 21.4 Å². The molecule has 2 rings (SSSR count). The summed E-state index contributed by atoms with van der Waals surface area (Å²) in [5.41, 5.74) is 1.31. The maximum Gasteiger partial charge on any atom is 0.270 e. The lowest BCUT2D eigenvalue weighted by Gasteiger charge is -2.10. The molecule has 25 heavy (non-hydrogen) atoms. The third kappa shape index (κ3) is 5.14. The van der Waals surface area contributed by atoms with E-state index in [0.29, 0.717) is 16.8 Å². The second kappa shape index (κ2) is 8.21. The fourth-order valence-corrected chi connectivity index (χ4v) is 1.86. The Labute approximate surface area is 143 Å². The Morgan fingerprint density at radius 3 is 2.84 bits per heavy atom. The van der Waals surface area contributed by atoms with E-state index < -0.39 is 16.9 Å². The van der Waals surface area contributed by atoms with Gasteiger partial charge in [-0.05, 0) is 25.1 Å². The van der Waals surface area contributed by atoms with Crippen molar-refractivity contribution in [1.82, 2.24) is 0 Å². The number of non-ortho nitro benzene ring substituents is 1. The van der Waals surface area contributed by atoms with Crippen LogP contribution in [0.15, 0.2) is 53.7 Å². The highest BCUT2D eigenvalue weighted by atomic mass is 16.6. The molecule has 0 aliphatic carbocycles. The number of nitro groups is 1. The van der Waals surface area contributed by atoms with Crippen molar-refractivity contribution in [1.29, 1.82) is 5.26 Å². The molecule has 0 saturated heterocycles. The number of anilines is 1. The molecule has 0 aromatic heterocycles. The highest BCUT2D eigenvalue weighted by molar-refractivity contribution is 5.94. The maximum atomic E-state index is 12.0. The first-order valence-electron chi connectivity index (χ1n) is 7.24. The molecule has 0 aliphatic rings. The number of carbonyl (C=O) groups excluding carboxylic acids is 1. The Morgan fingerprint density at radius 2 is 2.12 bits per heavy atom. The van der Waals surface area contributed by atoms with Crippen LogP contribution in [0.5, 0.6) is 0 Å². The number of rotatable bonds is 6. The van der Waals surface area contributed by atoms with Crippen LogP contribution in [0.1, 0.15) is 18.1 Å². The van der Waals surface area contributed by atoms with Gasteiger partial charge in [0, 0.05) is 23.4 Å². The Bertz CT molecular complexity index is 858. The number of nitrogens with one attached hydrogen (secondary N) is 1. The molecule has 0 spiro atoms. The van der Waals surface area contributed by atoms with Gasteiger partial charge in [-0.15, -0.1) is 0 Å². The summed E-state index contributed by atoms with van der Waals surface area (Å²) >= 11 is 0. The zero-order valence-corrected chi connectivity index (χ0v) is 13.2. The van der Waals surface area contributed by atoms with Crippen molar-refractivity contribution >= 4 is 23.5 Å². The minimum Gasteiger partial charge on any atom is -0.383 e. The number of nitriles is 1. The molecule has 1 N–H and O–H groups in total. The van der Waals surface area contributed by atoms with Gasteiger partial charge in [0.1, 0.15) is 0 Å². The van der Waals surface area contributed by atoms with Crippen LogP contribution < -0.4 is 5.32 Å². The molecule has 126 valence electrons. The standard InChI is InChI=1S/C17H14N4O4/c1-12(17(22)20-15-6-2-4-13(8-15)10-18)25-19-11-14-5-3-7-16(9-14)21(23)24/h2-9,11-12H,1H3,(H,20,22)/b19-11+. The van der Waals surface area contributed by atoms with E-state index in [1.165, 1.54) is 37.4 Å². The van der Waals surface area contributed by atoms with E-state index in [0.717, 1.165) is 0 Å². The van der Waals surface area contributed by atoms with Crippen LogP contribution in [0.25, 0.3) is 0 Å². The number of nitro benzene ring substituents is 1. The highest BCUT2D eigenvalue weighted by Crippen LogP contribution is 2.12. The molecule has 0 bridgehead atoms. The average molecular weight is 338 g/mol. The summed E-state index contributed by atoms with van der Waals surface area (Å²) in [5, 5.41) is 25.8. The Morgan fingerprint density at radius 1 is 1.36 bits per heavy atom. The monoisotopic (exact) mass is 338 g/mol. The van der Waals surface area contributed by atoms with Crippen LogP contribution in [-0.2, 0) is 9.63 Å². The Kier molecular flexibility index (Phi) is 5.79. The molecular weight excluding hydrogens is 324 g/mol. The molecule has 0 fully saturated rings. The molecule has 8 heteroatoms. The molecule has 2 aromatic rings. The predicted octanol–water partition coefficient (Wildman–Crippen LogP) is 2.84. The number of hydrogen-bond acceptors (Lipinski definition) is 6. The SMILES string of the molecule is CC(O/N=C/c1cccc([N+](=O)[O-])c1)C(=O)Nc1cccc(C#N)c1. The average Bonchev–Trinajstić information content (AvgIpc) is 2.62. The minimum atomic E-state index is -0.888. The van der Waals surface area contributed by atoms with Crippen molar-refractivity contribution in [2.75, 3.05) is 5.32 Å². The molecular formula is C17H14N4O4. The summed E-state index contributed by atoms with van der Waals surface area (Å²) in [6.07, 6.45) is 0.397. The lowest BCUT2D eigenvalue weighted by Crippen LogP contribution is -2.26. The van der Waals surface area contributed by atoms with E-state index in [1.807, 2.05) is 6.07 Å². The van der Waals surface area contributed by atoms with Crippen LogP contribution in [0.2, 0.25) is 0 Å². The van der Waals surface area contributed by atoms with Gasteiger partial charge in [-0.1, -0.05) is 23.4 Å². The van der Waals surface area contributed by atoms with Gasteiger partial charge in [0.05, 0.1) is 22.8 Å². The summed E-state index contributed by atoms with van der Waals surface area (Å²) in [6.45, 7) is 1.51. The largest absolute Gasteiger partial charge is 0.383 e. The summed E-state index contributed by atoms with van der Waals surface area (Å²) in [5.74, 6) is -0.439. The summed E-state index contributed by atoms with van der Waals surface area (Å²) in [6, 6.07) is 14.3. The normalized spacial score (nSPS) is 11.5. The number of hydrogen-bond donors (Lipinski definition) is 1. The third-order valence-electron chi connectivity index (χ3n) is 3.13. The van der Waals surface area contributed by atoms with E-state index in [4.69, 9.17) is 10.1 Å². The number of amides is 1. The molecule has 0 aliphatic heterocycles. The highest BCUT2D eigenvalue weighted by Gasteiger charge is 2.14.